The third kappa shape index (κ3) is 3.82. The van der Waals surface area contributed by atoms with Gasteiger partial charge >= 0.3 is 0 Å². The molecule has 1 rings (SSSR count). The molecular formula is C14H22BrFOSi. The molecule has 4 heteroatoms. The van der Waals surface area contributed by atoms with Crippen LogP contribution in [0.2, 0.25) is 18.1 Å². The zero-order valence-electron chi connectivity index (χ0n) is 11.8. The quantitative estimate of drug-likeness (QED) is 0.547. The summed E-state index contributed by atoms with van der Waals surface area (Å²) in [4.78, 5) is 0. The Morgan fingerprint density at radius 1 is 1.28 bits per heavy atom. The Kier molecular flexibility index (Phi) is 5.01. The van der Waals surface area contributed by atoms with Gasteiger partial charge in [0.05, 0.1) is 0 Å². The summed E-state index contributed by atoms with van der Waals surface area (Å²) in [6, 6.07) is 5.06. The third-order valence-electron chi connectivity index (χ3n) is 3.56. The second-order valence-electron chi connectivity index (χ2n) is 6.05. The molecule has 1 aromatic carbocycles. The fourth-order valence-corrected chi connectivity index (χ4v) is 2.81. The monoisotopic (exact) mass is 332 g/mol. The van der Waals surface area contributed by atoms with Gasteiger partial charge in [-0.25, -0.2) is 4.39 Å². The molecule has 0 saturated heterocycles. The highest BCUT2D eigenvalue weighted by atomic mass is 79.9. The lowest BCUT2D eigenvalue weighted by atomic mass is 10.1. The average molecular weight is 333 g/mol. The first-order valence-electron chi connectivity index (χ1n) is 6.21. The normalized spacial score (nSPS) is 12.6. The molecule has 0 aliphatic heterocycles. The fraction of sp³-hybridized carbons (Fsp3) is 0.571. The lowest BCUT2D eigenvalue weighted by molar-refractivity contribution is 0.489. The zero-order chi connectivity index (χ0) is 14.0. The summed E-state index contributed by atoms with van der Waals surface area (Å²) in [5.41, 5.74) is 0.711. The van der Waals surface area contributed by atoms with Crippen molar-refractivity contribution in [3.8, 4) is 5.75 Å². The molecule has 0 saturated carbocycles. The first kappa shape index (κ1) is 15.7. The van der Waals surface area contributed by atoms with Gasteiger partial charge in [-0.3, -0.25) is 0 Å². The minimum atomic E-state index is -1.84. The molecule has 0 N–H and O–H groups in total. The van der Waals surface area contributed by atoms with E-state index in [9.17, 15) is 4.39 Å². The van der Waals surface area contributed by atoms with Crippen LogP contribution in [0.15, 0.2) is 18.2 Å². The maximum atomic E-state index is 13.6. The summed E-state index contributed by atoms with van der Waals surface area (Å²) in [6.07, 6.45) is 0.681. The van der Waals surface area contributed by atoms with Gasteiger partial charge in [-0.1, -0.05) is 36.7 Å². The van der Waals surface area contributed by atoms with Gasteiger partial charge in [0.25, 0.3) is 0 Å². The van der Waals surface area contributed by atoms with E-state index < -0.39 is 8.32 Å². The topological polar surface area (TPSA) is 9.23 Å². The highest BCUT2D eigenvalue weighted by Crippen LogP contribution is 2.37. The van der Waals surface area contributed by atoms with Crippen molar-refractivity contribution in [1.29, 1.82) is 0 Å². The molecule has 0 amide bonds. The van der Waals surface area contributed by atoms with Crippen LogP contribution in [0.3, 0.4) is 0 Å². The maximum Gasteiger partial charge on any atom is 0.250 e. The molecule has 1 aromatic rings. The summed E-state index contributed by atoms with van der Waals surface area (Å²) in [7, 11) is -1.84. The number of alkyl halides is 1. The van der Waals surface area contributed by atoms with Gasteiger partial charge in [-0.2, -0.15) is 0 Å². The Bertz CT molecular complexity index is 413. The Morgan fingerprint density at radius 2 is 1.89 bits per heavy atom. The lowest BCUT2D eigenvalue weighted by Gasteiger charge is -2.36. The summed E-state index contributed by atoms with van der Waals surface area (Å²) >= 11 is 3.34. The van der Waals surface area contributed by atoms with E-state index in [0.29, 0.717) is 12.0 Å². The van der Waals surface area contributed by atoms with Crippen LogP contribution in [-0.2, 0) is 6.42 Å². The molecule has 0 radical (unpaired) electrons. The van der Waals surface area contributed by atoms with Crippen molar-refractivity contribution in [2.24, 2.45) is 0 Å². The first-order valence-corrected chi connectivity index (χ1v) is 10.2. The molecule has 18 heavy (non-hydrogen) atoms. The molecule has 0 aromatic heterocycles. The summed E-state index contributed by atoms with van der Waals surface area (Å²) in [5.74, 6) is 0.635. The molecule has 0 fully saturated rings. The van der Waals surface area contributed by atoms with E-state index in [0.717, 1.165) is 11.1 Å². The van der Waals surface area contributed by atoms with Gasteiger partial charge in [-0.15, -0.1) is 0 Å². The van der Waals surface area contributed by atoms with Crippen LogP contribution >= 0.6 is 15.9 Å². The van der Waals surface area contributed by atoms with Gasteiger partial charge in [-0.05, 0) is 48.3 Å². The average Bonchev–Trinajstić information content (AvgIpc) is 2.21. The number of hydrogen-bond donors (Lipinski definition) is 0. The van der Waals surface area contributed by atoms with Crippen LogP contribution in [0.1, 0.15) is 26.3 Å². The van der Waals surface area contributed by atoms with Gasteiger partial charge in [0.1, 0.15) is 11.6 Å². The molecule has 0 unspecified atom stereocenters. The van der Waals surface area contributed by atoms with Crippen molar-refractivity contribution in [3.63, 3.8) is 0 Å². The lowest BCUT2D eigenvalue weighted by Crippen LogP contribution is -2.43. The second-order valence-corrected chi connectivity index (χ2v) is 11.6. The smallest absolute Gasteiger partial charge is 0.250 e. The number of aryl methyl sites for hydroxylation is 1. The van der Waals surface area contributed by atoms with Gasteiger partial charge < -0.3 is 4.43 Å². The molecule has 102 valence electrons. The van der Waals surface area contributed by atoms with Crippen molar-refractivity contribution < 1.29 is 8.82 Å². The molecule has 0 aliphatic rings. The van der Waals surface area contributed by atoms with Crippen molar-refractivity contribution >= 4 is 24.2 Å². The van der Waals surface area contributed by atoms with Crippen LogP contribution in [0.5, 0.6) is 5.75 Å². The SMILES string of the molecule is CC(C)(C)[Si](C)(C)Oc1ccc(F)c(CCBr)c1. The van der Waals surface area contributed by atoms with E-state index in [4.69, 9.17) is 4.43 Å². The number of hydrogen-bond acceptors (Lipinski definition) is 1. The molecule has 0 atom stereocenters. The van der Waals surface area contributed by atoms with Crippen molar-refractivity contribution in [1.82, 2.24) is 0 Å². The molecule has 0 spiro atoms. The Hall–Kier alpha value is -0.353. The predicted octanol–water partition coefficient (Wildman–Crippen LogP) is 5.15. The predicted molar refractivity (Wildman–Crippen MR) is 81.7 cm³/mol. The zero-order valence-corrected chi connectivity index (χ0v) is 14.4. The number of rotatable bonds is 4. The molecular weight excluding hydrogens is 311 g/mol. The number of benzene rings is 1. The molecule has 0 heterocycles. The van der Waals surface area contributed by atoms with E-state index in [1.807, 2.05) is 6.07 Å². The van der Waals surface area contributed by atoms with Crippen molar-refractivity contribution in [2.45, 2.75) is 45.3 Å². The minimum absolute atomic E-state index is 0.150. The van der Waals surface area contributed by atoms with Gasteiger partial charge in [0.15, 0.2) is 0 Å². The van der Waals surface area contributed by atoms with E-state index >= 15 is 0 Å². The Morgan fingerprint density at radius 3 is 2.39 bits per heavy atom. The fourth-order valence-electron chi connectivity index (χ4n) is 1.36. The van der Waals surface area contributed by atoms with Crippen LogP contribution < -0.4 is 4.43 Å². The molecule has 0 aliphatic carbocycles. The van der Waals surface area contributed by atoms with Crippen molar-refractivity contribution in [3.05, 3.63) is 29.6 Å². The number of halogens is 2. The highest BCUT2D eigenvalue weighted by molar-refractivity contribution is 9.09. The molecule has 0 bridgehead atoms. The Labute approximate surface area is 119 Å². The molecule has 1 nitrogen and oxygen atoms in total. The van der Waals surface area contributed by atoms with Crippen LogP contribution in [-0.4, -0.2) is 13.6 Å². The van der Waals surface area contributed by atoms with Gasteiger partial charge in [0, 0.05) is 5.33 Å². The van der Waals surface area contributed by atoms with Gasteiger partial charge in [0.2, 0.25) is 8.32 Å². The standard InChI is InChI=1S/C14H22BrFOSi/c1-14(2,3)18(4,5)17-12-6-7-13(16)11(10-12)8-9-15/h6-7,10H,8-9H2,1-5H3. The van der Waals surface area contributed by atoms with E-state index in [1.165, 1.54) is 6.07 Å². The van der Waals surface area contributed by atoms with Crippen LogP contribution in [0.4, 0.5) is 4.39 Å². The Balaban J connectivity index is 2.95. The minimum Gasteiger partial charge on any atom is -0.543 e. The largest absolute Gasteiger partial charge is 0.543 e. The second kappa shape index (κ2) is 5.74. The van der Waals surface area contributed by atoms with Crippen LogP contribution in [0.25, 0.3) is 0 Å². The van der Waals surface area contributed by atoms with E-state index in [2.05, 4.69) is 49.8 Å². The third-order valence-corrected chi connectivity index (χ3v) is 8.32. The first-order chi connectivity index (χ1) is 8.17. The van der Waals surface area contributed by atoms with E-state index in [-0.39, 0.29) is 10.9 Å². The summed E-state index contributed by atoms with van der Waals surface area (Å²) < 4.78 is 19.7. The summed E-state index contributed by atoms with van der Waals surface area (Å²) in [6.45, 7) is 11.0. The highest BCUT2D eigenvalue weighted by Gasteiger charge is 2.39. The van der Waals surface area contributed by atoms with Crippen molar-refractivity contribution in [2.75, 3.05) is 5.33 Å². The van der Waals surface area contributed by atoms with E-state index in [1.54, 1.807) is 6.07 Å². The maximum absolute atomic E-state index is 13.6. The summed E-state index contributed by atoms with van der Waals surface area (Å²) in [5, 5.41) is 0.907. The van der Waals surface area contributed by atoms with Crippen LogP contribution in [0, 0.1) is 5.82 Å².